The van der Waals surface area contributed by atoms with E-state index in [1.54, 1.807) is 24.3 Å². The van der Waals surface area contributed by atoms with Gasteiger partial charge in [0.2, 0.25) is 11.8 Å². The number of carbonyl (C=O) groups excluding carboxylic acids is 5. The van der Waals surface area contributed by atoms with Gasteiger partial charge >= 0.3 is 0 Å². The standard InChI is InChI=1S/C41H43ClN10O5/c1-25-20-41(24-51(25)28-3-2-26(21-43)32(42)19-28)10-12-48(13-11-41)35-8-6-33(45-46-35)40(57)49-16-14-47(15-17-49)29-22-50(23-29)27-4-5-30-31(18-27)39(56)52(38(30)55)34-7-9-36(53)44-37(34)54/h2-6,8,18-19,25,29,34H,7,9-17,20,22-24H2,1H3,(H,44,53,54)/t25-,34?/m0/s1. The molecule has 16 heteroatoms. The van der Waals surface area contributed by atoms with E-state index in [1.165, 1.54) is 0 Å². The highest BCUT2D eigenvalue weighted by molar-refractivity contribution is 6.32. The van der Waals surface area contributed by atoms with Crippen LogP contribution in [-0.2, 0) is 9.59 Å². The molecule has 5 saturated heterocycles. The Kier molecular flexibility index (Phi) is 9.36. The minimum Gasteiger partial charge on any atom is -0.368 e. The lowest BCUT2D eigenvalue weighted by molar-refractivity contribution is -0.136. The molecule has 5 amide bonds. The monoisotopic (exact) mass is 790 g/mol. The molecule has 1 unspecified atom stereocenters. The maximum absolute atomic E-state index is 13.5. The molecule has 1 N–H and O–H groups in total. The summed E-state index contributed by atoms with van der Waals surface area (Å²) in [6.07, 6.45) is 3.36. The summed E-state index contributed by atoms with van der Waals surface area (Å²) in [5, 5.41) is 20.9. The number of imide groups is 2. The van der Waals surface area contributed by atoms with Gasteiger partial charge < -0.3 is 19.6 Å². The lowest BCUT2D eigenvalue weighted by Crippen LogP contribution is -2.63. The lowest BCUT2D eigenvalue weighted by atomic mass is 9.77. The van der Waals surface area contributed by atoms with E-state index in [2.05, 4.69) is 48.1 Å². The van der Waals surface area contributed by atoms with Crippen LogP contribution in [0.1, 0.15) is 75.8 Å². The molecule has 5 fully saturated rings. The largest absolute Gasteiger partial charge is 0.368 e. The smallest absolute Gasteiger partial charge is 0.274 e. The SMILES string of the molecule is C[C@H]1CC2(CCN(c3ccc(C(=O)N4CCN(C5CN(c6ccc7c(c6)C(=O)N(C6CCC(=O)NC6=O)C7=O)C5)CC4)nn3)CC2)CN1c1ccc(C#N)c(Cl)c1. The molecule has 2 atom stereocenters. The van der Waals surface area contributed by atoms with Crippen molar-refractivity contribution in [2.45, 2.75) is 57.2 Å². The number of benzene rings is 2. The molecule has 1 spiro atoms. The number of halogens is 1. The Morgan fingerprint density at radius 1 is 0.877 bits per heavy atom. The molecule has 3 aromatic rings. The maximum atomic E-state index is 13.5. The van der Waals surface area contributed by atoms with Gasteiger partial charge in [0.25, 0.3) is 17.7 Å². The summed E-state index contributed by atoms with van der Waals surface area (Å²) in [7, 11) is 0. The average molecular weight is 791 g/mol. The van der Waals surface area contributed by atoms with E-state index in [4.69, 9.17) is 11.6 Å². The van der Waals surface area contributed by atoms with Crippen molar-refractivity contribution in [3.63, 3.8) is 0 Å². The van der Waals surface area contributed by atoms with Crippen LogP contribution in [-0.4, -0.2) is 131 Å². The molecule has 0 radical (unpaired) electrons. The third kappa shape index (κ3) is 6.64. The van der Waals surface area contributed by atoms with Crippen LogP contribution in [0.3, 0.4) is 0 Å². The minimum absolute atomic E-state index is 0.0784. The topological polar surface area (TPSA) is 166 Å². The van der Waals surface area contributed by atoms with Crippen molar-refractivity contribution >= 4 is 58.3 Å². The van der Waals surface area contributed by atoms with Crippen LogP contribution < -0.4 is 20.0 Å². The predicted octanol–water partition coefficient (Wildman–Crippen LogP) is 2.93. The van der Waals surface area contributed by atoms with Crippen molar-refractivity contribution in [1.82, 2.24) is 30.2 Å². The van der Waals surface area contributed by atoms with Crippen LogP contribution in [0.4, 0.5) is 17.2 Å². The quantitative estimate of drug-likeness (QED) is 0.364. The summed E-state index contributed by atoms with van der Waals surface area (Å²) in [4.78, 5) is 75.9. The molecule has 0 aliphatic carbocycles. The highest BCUT2D eigenvalue weighted by Crippen LogP contribution is 2.46. The van der Waals surface area contributed by atoms with Gasteiger partial charge in [0.1, 0.15) is 12.1 Å². The number of amides is 5. The van der Waals surface area contributed by atoms with Crippen LogP contribution >= 0.6 is 11.6 Å². The van der Waals surface area contributed by atoms with E-state index < -0.39 is 29.7 Å². The van der Waals surface area contributed by atoms with Gasteiger partial charge in [-0.2, -0.15) is 5.26 Å². The van der Waals surface area contributed by atoms with Gasteiger partial charge in [-0.3, -0.25) is 39.1 Å². The van der Waals surface area contributed by atoms with E-state index >= 15 is 0 Å². The van der Waals surface area contributed by atoms with Crippen molar-refractivity contribution < 1.29 is 24.0 Å². The number of aromatic nitrogens is 2. The minimum atomic E-state index is -0.990. The van der Waals surface area contributed by atoms with Gasteiger partial charge in [-0.05, 0) is 86.6 Å². The van der Waals surface area contributed by atoms with Crippen LogP contribution in [0.15, 0.2) is 48.5 Å². The second-order valence-electron chi connectivity index (χ2n) is 16.3. The number of hydrogen-bond acceptors (Lipinski definition) is 12. The third-order valence-corrected chi connectivity index (χ3v) is 13.3. The number of carbonyl (C=O) groups is 5. The van der Waals surface area contributed by atoms with E-state index in [1.807, 2.05) is 29.2 Å². The zero-order chi connectivity index (χ0) is 39.6. The Balaban J connectivity index is 0.741. The first-order chi connectivity index (χ1) is 27.5. The van der Waals surface area contributed by atoms with Crippen molar-refractivity contribution in [3.8, 4) is 6.07 Å². The fourth-order valence-electron chi connectivity index (χ4n) is 9.62. The highest BCUT2D eigenvalue weighted by atomic mass is 35.5. The first kappa shape index (κ1) is 37.0. The van der Waals surface area contributed by atoms with Gasteiger partial charge in [-0.15, -0.1) is 10.2 Å². The zero-order valence-electron chi connectivity index (χ0n) is 31.7. The second kappa shape index (κ2) is 14.4. The number of nitrogens with zero attached hydrogens (tertiary/aromatic N) is 9. The Labute approximate surface area is 335 Å². The molecule has 57 heavy (non-hydrogen) atoms. The molecule has 1 aromatic heterocycles. The van der Waals surface area contributed by atoms with Crippen LogP contribution in [0.25, 0.3) is 0 Å². The van der Waals surface area contributed by atoms with Gasteiger partial charge in [0, 0.05) is 88.8 Å². The van der Waals surface area contributed by atoms with Crippen molar-refractivity contribution in [2.24, 2.45) is 5.41 Å². The zero-order valence-corrected chi connectivity index (χ0v) is 32.5. The molecule has 0 bridgehead atoms. The molecule has 6 aliphatic rings. The van der Waals surface area contributed by atoms with Gasteiger partial charge in [-0.1, -0.05) is 11.6 Å². The van der Waals surface area contributed by atoms with E-state index in [9.17, 15) is 29.2 Å². The molecule has 9 rings (SSSR count). The number of hydrogen-bond donors (Lipinski definition) is 1. The maximum Gasteiger partial charge on any atom is 0.274 e. The van der Waals surface area contributed by atoms with Crippen LogP contribution in [0.2, 0.25) is 5.02 Å². The Morgan fingerprint density at radius 2 is 1.61 bits per heavy atom. The summed E-state index contributed by atoms with van der Waals surface area (Å²) < 4.78 is 0. The number of nitriles is 1. The summed E-state index contributed by atoms with van der Waals surface area (Å²) in [5.41, 5.74) is 3.47. The molecule has 15 nitrogen and oxygen atoms in total. The Bertz CT molecular complexity index is 2210. The van der Waals surface area contributed by atoms with E-state index in [0.29, 0.717) is 41.5 Å². The molecule has 7 heterocycles. The summed E-state index contributed by atoms with van der Waals surface area (Å²) in [6, 6.07) is 16.4. The number of fused-ring (bicyclic) bond motifs is 1. The van der Waals surface area contributed by atoms with Crippen molar-refractivity contribution in [2.75, 3.05) is 73.6 Å². The van der Waals surface area contributed by atoms with Gasteiger partial charge in [0.15, 0.2) is 11.5 Å². The van der Waals surface area contributed by atoms with Crippen molar-refractivity contribution in [1.29, 1.82) is 5.26 Å². The summed E-state index contributed by atoms with van der Waals surface area (Å²) in [5.74, 6) is -1.38. The fourth-order valence-corrected chi connectivity index (χ4v) is 9.84. The average Bonchev–Trinajstić information content (AvgIpc) is 3.65. The summed E-state index contributed by atoms with van der Waals surface area (Å²) in [6.45, 7) is 9.07. The number of rotatable bonds is 6. The molecule has 6 aliphatic heterocycles. The highest BCUT2D eigenvalue weighted by Gasteiger charge is 2.46. The molecule has 294 valence electrons. The third-order valence-electron chi connectivity index (χ3n) is 13.0. The molecular weight excluding hydrogens is 748 g/mol. The number of anilines is 3. The van der Waals surface area contributed by atoms with E-state index in [-0.39, 0.29) is 35.3 Å². The van der Waals surface area contributed by atoms with Crippen LogP contribution in [0.5, 0.6) is 0 Å². The number of piperidine rings is 2. The van der Waals surface area contributed by atoms with Crippen LogP contribution in [0, 0.1) is 16.7 Å². The second-order valence-corrected chi connectivity index (χ2v) is 16.7. The van der Waals surface area contributed by atoms with Crippen molar-refractivity contribution in [3.05, 3.63) is 75.9 Å². The fraction of sp³-hybridized carbons (Fsp3) is 0.463. The number of piperazine rings is 1. The summed E-state index contributed by atoms with van der Waals surface area (Å²) >= 11 is 6.36. The molecular formula is C41H43ClN10O5. The molecule has 0 saturated carbocycles. The predicted molar refractivity (Wildman–Crippen MR) is 210 cm³/mol. The number of nitrogens with one attached hydrogen (secondary N) is 1. The van der Waals surface area contributed by atoms with E-state index in [0.717, 1.165) is 87.2 Å². The molecule has 2 aromatic carbocycles. The first-order valence-corrected chi connectivity index (χ1v) is 20.1. The van der Waals surface area contributed by atoms with Gasteiger partial charge in [0.05, 0.1) is 21.7 Å². The Hall–Kier alpha value is -5.59. The lowest BCUT2D eigenvalue weighted by Gasteiger charge is -2.49. The van der Waals surface area contributed by atoms with Gasteiger partial charge in [-0.25, -0.2) is 0 Å². The Morgan fingerprint density at radius 3 is 2.30 bits per heavy atom. The first-order valence-electron chi connectivity index (χ1n) is 19.7. The normalized spacial score (nSPS) is 23.8.